The lowest BCUT2D eigenvalue weighted by atomic mass is 10.1. The molecule has 0 saturated carbocycles. The predicted molar refractivity (Wildman–Crippen MR) is 101 cm³/mol. The highest BCUT2D eigenvalue weighted by Crippen LogP contribution is 2.34. The SMILES string of the molecule is CC(CC(=O)Nc1ccccc1C(F)(F)F)NCCCN1CCN(C)CC1. The average molecular weight is 386 g/mol. The summed E-state index contributed by atoms with van der Waals surface area (Å²) in [5.41, 5.74) is -1.02. The quantitative estimate of drug-likeness (QED) is 0.675. The van der Waals surface area contributed by atoms with Gasteiger partial charge < -0.3 is 20.4 Å². The number of amides is 1. The molecule has 0 spiro atoms. The van der Waals surface area contributed by atoms with Crippen molar-refractivity contribution in [2.24, 2.45) is 0 Å². The molecule has 1 amide bonds. The van der Waals surface area contributed by atoms with Gasteiger partial charge in [0, 0.05) is 38.6 Å². The van der Waals surface area contributed by atoms with E-state index < -0.39 is 17.6 Å². The molecule has 1 heterocycles. The van der Waals surface area contributed by atoms with E-state index in [0.717, 1.165) is 51.8 Å². The Balaban J connectivity index is 1.69. The van der Waals surface area contributed by atoms with Crippen molar-refractivity contribution >= 4 is 11.6 Å². The summed E-state index contributed by atoms with van der Waals surface area (Å²) in [5, 5.41) is 5.65. The monoisotopic (exact) mass is 386 g/mol. The van der Waals surface area contributed by atoms with Crippen LogP contribution in [0, 0.1) is 0 Å². The summed E-state index contributed by atoms with van der Waals surface area (Å²) in [6.45, 7) is 7.98. The van der Waals surface area contributed by atoms with Crippen molar-refractivity contribution in [1.29, 1.82) is 0 Å². The first kappa shape index (κ1) is 21.7. The van der Waals surface area contributed by atoms with Gasteiger partial charge in [-0.2, -0.15) is 13.2 Å². The van der Waals surface area contributed by atoms with Gasteiger partial charge in [0.05, 0.1) is 11.3 Å². The Morgan fingerprint density at radius 3 is 2.52 bits per heavy atom. The number of rotatable bonds is 8. The van der Waals surface area contributed by atoms with Crippen LogP contribution in [0.1, 0.15) is 25.3 Å². The Kier molecular flexibility index (Phi) is 8.07. The summed E-state index contributed by atoms with van der Waals surface area (Å²) in [6.07, 6.45) is -3.38. The number of hydrogen-bond acceptors (Lipinski definition) is 4. The van der Waals surface area contributed by atoms with Crippen LogP contribution in [0.15, 0.2) is 24.3 Å². The Bertz CT molecular complexity index is 601. The lowest BCUT2D eigenvalue weighted by Crippen LogP contribution is -2.45. The molecular weight excluding hydrogens is 357 g/mol. The third-order valence-corrected chi connectivity index (χ3v) is 4.74. The molecule has 8 heteroatoms. The first-order valence-corrected chi connectivity index (χ1v) is 9.36. The fraction of sp³-hybridized carbons (Fsp3) is 0.632. The second kappa shape index (κ2) is 10.1. The van der Waals surface area contributed by atoms with Crippen LogP contribution in [-0.2, 0) is 11.0 Å². The summed E-state index contributed by atoms with van der Waals surface area (Å²) < 4.78 is 38.9. The molecule has 1 unspecified atom stereocenters. The minimum absolute atomic E-state index is 0.101. The zero-order valence-corrected chi connectivity index (χ0v) is 16.0. The molecule has 2 rings (SSSR count). The fourth-order valence-electron chi connectivity index (χ4n) is 3.11. The third kappa shape index (κ3) is 7.48. The maximum absolute atomic E-state index is 13.0. The molecule has 1 aromatic rings. The first-order valence-electron chi connectivity index (χ1n) is 9.36. The topological polar surface area (TPSA) is 47.6 Å². The van der Waals surface area contributed by atoms with Gasteiger partial charge in [0.15, 0.2) is 0 Å². The van der Waals surface area contributed by atoms with Crippen molar-refractivity contribution in [3.8, 4) is 0 Å². The highest BCUT2D eigenvalue weighted by atomic mass is 19.4. The molecule has 1 atom stereocenters. The number of benzene rings is 1. The molecule has 1 aliphatic heterocycles. The molecule has 0 aliphatic carbocycles. The highest BCUT2D eigenvalue weighted by molar-refractivity contribution is 5.92. The van der Waals surface area contributed by atoms with Gasteiger partial charge in [-0.3, -0.25) is 4.79 Å². The lowest BCUT2D eigenvalue weighted by Gasteiger charge is -2.32. The van der Waals surface area contributed by atoms with E-state index >= 15 is 0 Å². The molecule has 5 nitrogen and oxygen atoms in total. The maximum Gasteiger partial charge on any atom is 0.418 e. The van der Waals surface area contributed by atoms with Gasteiger partial charge in [-0.15, -0.1) is 0 Å². The number of piperazine rings is 1. The van der Waals surface area contributed by atoms with E-state index in [1.165, 1.54) is 18.2 Å². The van der Waals surface area contributed by atoms with E-state index in [4.69, 9.17) is 0 Å². The zero-order chi connectivity index (χ0) is 19.9. The van der Waals surface area contributed by atoms with E-state index in [-0.39, 0.29) is 18.2 Å². The number of halogens is 3. The van der Waals surface area contributed by atoms with Gasteiger partial charge in [0.2, 0.25) is 5.91 Å². The number of alkyl halides is 3. The van der Waals surface area contributed by atoms with Crippen LogP contribution >= 0.6 is 0 Å². The fourth-order valence-corrected chi connectivity index (χ4v) is 3.11. The number of nitrogens with zero attached hydrogens (tertiary/aromatic N) is 2. The summed E-state index contributed by atoms with van der Waals surface area (Å²) in [6, 6.07) is 4.92. The Hall–Kier alpha value is -1.64. The second-order valence-electron chi connectivity index (χ2n) is 7.15. The zero-order valence-electron chi connectivity index (χ0n) is 16.0. The molecule has 1 aliphatic rings. The summed E-state index contributed by atoms with van der Waals surface area (Å²) in [7, 11) is 2.12. The largest absolute Gasteiger partial charge is 0.418 e. The van der Waals surface area contributed by atoms with E-state index in [1.54, 1.807) is 0 Å². The van der Waals surface area contributed by atoms with Crippen molar-refractivity contribution in [3.63, 3.8) is 0 Å². The van der Waals surface area contributed by atoms with Gasteiger partial charge in [0.1, 0.15) is 0 Å². The molecule has 1 saturated heterocycles. The number of anilines is 1. The van der Waals surface area contributed by atoms with Crippen LogP contribution in [0.4, 0.5) is 18.9 Å². The molecule has 0 radical (unpaired) electrons. The molecule has 27 heavy (non-hydrogen) atoms. The lowest BCUT2D eigenvalue weighted by molar-refractivity contribution is -0.137. The first-order chi connectivity index (χ1) is 12.8. The molecule has 0 aromatic heterocycles. The Labute approximate surface area is 158 Å². The standard InChI is InChI=1S/C19H29F3N4O/c1-15(23-8-5-9-26-12-10-25(2)11-13-26)14-18(27)24-17-7-4-3-6-16(17)19(20,21)22/h3-4,6-7,15,23H,5,8-14H2,1-2H3,(H,24,27). The number of nitrogens with one attached hydrogen (secondary N) is 2. The van der Waals surface area contributed by atoms with Crippen LogP contribution in [0.2, 0.25) is 0 Å². The smallest absolute Gasteiger partial charge is 0.325 e. The highest BCUT2D eigenvalue weighted by Gasteiger charge is 2.33. The Morgan fingerprint density at radius 2 is 1.85 bits per heavy atom. The van der Waals surface area contributed by atoms with Crippen molar-refractivity contribution in [1.82, 2.24) is 15.1 Å². The van der Waals surface area contributed by atoms with Crippen LogP contribution in [0.5, 0.6) is 0 Å². The van der Waals surface area contributed by atoms with Gasteiger partial charge in [-0.1, -0.05) is 12.1 Å². The summed E-state index contributed by atoms with van der Waals surface area (Å²) in [4.78, 5) is 16.8. The van der Waals surface area contributed by atoms with Crippen molar-refractivity contribution in [2.75, 3.05) is 51.6 Å². The minimum Gasteiger partial charge on any atom is -0.325 e. The van der Waals surface area contributed by atoms with Gasteiger partial charge in [-0.05, 0) is 45.6 Å². The van der Waals surface area contributed by atoms with E-state index in [1.807, 2.05) is 6.92 Å². The Morgan fingerprint density at radius 1 is 1.19 bits per heavy atom. The van der Waals surface area contributed by atoms with Crippen LogP contribution in [0.25, 0.3) is 0 Å². The number of hydrogen-bond donors (Lipinski definition) is 2. The molecule has 1 aromatic carbocycles. The average Bonchev–Trinajstić information content (AvgIpc) is 2.59. The number of carbonyl (C=O) groups is 1. The predicted octanol–water partition coefficient (Wildman–Crippen LogP) is 2.65. The third-order valence-electron chi connectivity index (χ3n) is 4.74. The normalized spacial score (nSPS) is 17.7. The molecular formula is C19H29F3N4O. The molecule has 0 bridgehead atoms. The van der Waals surface area contributed by atoms with Crippen LogP contribution in [0.3, 0.4) is 0 Å². The molecule has 1 fully saturated rings. The van der Waals surface area contributed by atoms with E-state index in [2.05, 4.69) is 27.5 Å². The maximum atomic E-state index is 13.0. The van der Waals surface area contributed by atoms with Crippen LogP contribution < -0.4 is 10.6 Å². The number of likely N-dealkylation sites (N-methyl/N-ethyl adjacent to an activating group) is 1. The van der Waals surface area contributed by atoms with E-state index in [0.29, 0.717) is 0 Å². The van der Waals surface area contributed by atoms with Gasteiger partial charge in [-0.25, -0.2) is 0 Å². The van der Waals surface area contributed by atoms with Gasteiger partial charge >= 0.3 is 6.18 Å². The van der Waals surface area contributed by atoms with Crippen molar-refractivity contribution < 1.29 is 18.0 Å². The molecule has 152 valence electrons. The number of para-hydroxylation sites is 1. The number of carbonyl (C=O) groups excluding carboxylic acids is 1. The van der Waals surface area contributed by atoms with Crippen molar-refractivity contribution in [3.05, 3.63) is 29.8 Å². The minimum atomic E-state index is -4.49. The second-order valence-corrected chi connectivity index (χ2v) is 7.15. The summed E-state index contributed by atoms with van der Waals surface area (Å²) >= 11 is 0. The van der Waals surface area contributed by atoms with E-state index in [9.17, 15) is 18.0 Å². The van der Waals surface area contributed by atoms with Gasteiger partial charge in [0.25, 0.3) is 0 Å². The summed E-state index contributed by atoms with van der Waals surface area (Å²) in [5.74, 6) is -0.425. The molecule has 2 N–H and O–H groups in total. The van der Waals surface area contributed by atoms with Crippen molar-refractivity contribution in [2.45, 2.75) is 32.0 Å². The van der Waals surface area contributed by atoms with Crippen LogP contribution in [-0.4, -0.2) is 68.1 Å².